The van der Waals surface area contributed by atoms with Gasteiger partial charge in [0.15, 0.2) is 5.69 Å². The minimum absolute atomic E-state index is 0.278. The molecular weight excluding hydrogens is 216 g/mol. The van der Waals surface area contributed by atoms with Crippen molar-refractivity contribution in [1.29, 1.82) is 0 Å². The van der Waals surface area contributed by atoms with E-state index >= 15 is 0 Å². The summed E-state index contributed by atoms with van der Waals surface area (Å²) >= 11 is 5.93. The largest absolute Gasteiger partial charge is 0.352 e. The molecule has 0 N–H and O–H groups in total. The van der Waals surface area contributed by atoms with Gasteiger partial charge in [-0.2, -0.15) is 4.20 Å². The Bertz CT molecular complexity index is 401. The van der Waals surface area contributed by atoms with Gasteiger partial charge in [-0.05, 0) is 6.42 Å². The number of aromatic nitrogens is 2. The van der Waals surface area contributed by atoms with E-state index in [1.54, 1.807) is 0 Å². The van der Waals surface area contributed by atoms with Crippen LogP contribution in [0.5, 0.6) is 0 Å². The van der Waals surface area contributed by atoms with Gasteiger partial charge in [-0.3, -0.25) is 4.79 Å². The normalized spacial score (nSPS) is 15.1. The van der Waals surface area contributed by atoms with Crippen LogP contribution in [0, 0.1) is 0 Å². The zero-order chi connectivity index (χ0) is 11.0. The second kappa shape index (κ2) is 3.73. The molecule has 0 spiro atoms. The molecule has 0 unspecified atom stereocenters. The number of carbonyl (C=O) groups is 1. The highest BCUT2D eigenvalue weighted by molar-refractivity contribution is 6.16. The van der Waals surface area contributed by atoms with Crippen molar-refractivity contribution in [2.45, 2.75) is 19.8 Å². The molecular formula is C9H12ClN4O. The van der Waals surface area contributed by atoms with Crippen LogP contribution < -0.4 is 10.2 Å². The van der Waals surface area contributed by atoms with E-state index in [4.69, 9.17) is 11.8 Å². The molecule has 0 saturated carbocycles. The number of halogens is 1. The maximum atomic E-state index is 11.5. The smallest absolute Gasteiger partial charge is 0.296 e. The fraction of sp³-hybridized carbons (Fsp3) is 0.556. The molecule has 0 aliphatic carbocycles. The standard InChI is InChI=1S/C9H12ClN4O/c1-3-4-6-8-7(12-14(6)10)9(15)11-5-13(8)2/h3-5H2,1-2H3. The summed E-state index contributed by atoms with van der Waals surface area (Å²) in [5.41, 5.74) is 2.08. The van der Waals surface area contributed by atoms with E-state index in [1.807, 2.05) is 11.9 Å². The molecule has 5 nitrogen and oxygen atoms in total. The second-order valence-electron chi connectivity index (χ2n) is 3.56. The van der Waals surface area contributed by atoms with Gasteiger partial charge in [0, 0.05) is 18.8 Å². The van der Waals surface area contributed by atoms with Crippen molar-refractivity contribution < 1.29 is 4.79 Å². The number of amides is 1. The van der Waals surface area contributed by atoms with Crippen molar-refractivity contribution in [3.05, 3.63) is 11.4 Å². The number of rotatable bonds is 2. The summed E-state index contributed by atoms with van der Waals surface area (Å²) in [6.07, 6.45) is 1.77. The van der Waals surface area contributed by atoms with Crippen molar-refractivity contribution >= 4 is 23.4 Å². The predicted octanol–water partition coefficient (Wildman–Crippen LogP) is 0.989. The molecule has 0 fully saturated rings. The van der Waals surface area contributed by atoms with Crippen molar-refractivity contribution in [3.8, 4) is 0 Å². The molecule has 2 rings (SSSR count). The first-order valence-corrected chi connectivity index (χ1v) is 5.20. The second-order valence-corrected chi connectivity index (χ2v) is 3.88. The lowest BCUT2D eigenvalue weighted by Crippen LogP contribution is -2.36. The molecule has 81 valence electrons. The highest BCUT2D eigenvalue weighted by Gasteiger charge is 2.29. The molecule has 15 heavy (non-hydrogen) atoms. The number of nitrogens with zero attached hydrogens (tertiary/aromatic N) is 4. The molecule has 6 heteroatoms. The number of carbonyl (C=O) groups excluding carboxylic acids is 1. The monoisotopic (exact) mass is 227 g/mol. The lowest BCUT2D eigenvalue weighted by atomic mass is 10.1. The van der Waals surface area contributed by atoms with Crippen LogP contribution in [0.4, 0.5) is 5.69 Å². The Morgan fingerprint density at radius 3 is 2.93 bits per heavy atom. The lowest BCUT2D eigenvalue weighted by molar-refractivity contribution is 0.0938. The molecule has 1 aromatic heterocycles. The van der Waals surface area contributed by atoms with Crippen LogP contribution in [0.2, 0.25) is 0 Å². The Morgan fingerprint density at radius 1 is 1.53 bits per heavy atom. The first-order valence-electron chi connectivity index (χ1n) is 4.86. The van der Waals surface area contributed by atoms with Crippen LogP contribution in [0.3, 0.4) is 0 Å². The van der Waals surface area contributed by atoms with Crippen molar-refractivity contribution in [1.82, 2.24) is 14.6 Å². The zero-order valence-electron chi connectivity index (χ0n) is 8.70. The molecule has 1 radical (unpaired) electrons. The highest BCUT2D eigenvalue weighted by Crippen LogP contribution is 2.28. The fourth-order valence-corrected chi connectivity index (χ4v) is 1.97. The molecule has 1 aliphatic rings. The highest BCUT2D eigenvalue weighted by atomic mass is 35.5. The van der Waals surface area contributed by atoms with Crippen LogP contribution in [0.1, 0.15) is 29.5 Å². The van der Waals surface area contributed by atoms with E-state index in [1.165, 1.54) is 4.20 Å². The van der Waals surface area contributed by atoms with E-state index < -0.39 is 0 Å². The molecule has 0 saturated heterocycles. The predicted molar refractivity (Wildman–Crippen MR) is 57.2 cm³/mol. The average molecular weight is 228 g/mol. The van der Waals surface area contributed by atoms with Gasteiger partial charge in [0.1, 0.15) is 6.67 Å². The van der Waals surface area contributed by atoms with Crippen molar-refractivity contribution in [2.24, 2.45) is 0 Å². The number of hydrogen-bond donors (Lipinski definition) is 0. The molecule has 0 atom stereocenters. The number of fused-ring (bicyclic) bond motifs is 1. The average Bonchev–Trinajstić information content (AvgIpc) is 2.53. The molecule has 1 amide bonds. The first kappa shape index (κ1) is 10.3. The molecule has 2 heterocycles. The van der Waals surface area contributed by atoms with Gasteiger partial charge in [-0.1, -0.05) is 13.3 Å². The van der Waals surface area contributed by atoms with Gasteiger partial charge < -0.3 is 4.90 Å². The Morgan fingerprint density at radius 2 is 2.27 bits per heavy atom. The summed E-state index contributed by atoms with van der Waals surface area (Å²) in [5.74, 6) is -0.278. The third-order valence-electron chi connectivity index (χ3n) is 2.41. The van der Waals surface area contributed by atoms with Gasteiger partial charge in [0.05, 0.1) is 11.4 Å². The lowest BCUT2D eigenvalue weighted by Gasteiger charge is -2.23. The van der Waals surface area contributed by atoms with Gasteiger partial charge in [0.2, 0.25) is 0 Å². The Labute approximate surface area is 93.1 Å². The number of hydrogen-bond acceptors (Lipinski definition) is 3. The molecule has 0 bridgehead atoms. The minimum Gasteiger partial charge on any atom is -0.352 e. The summed E-state index contributed by atoms with van der Waals surface area (Å²) in [6.45, 7) is 2.44. The van der Waals surface area contributed by atoms with Gasteiger partial charge in [0.25, 0.3) is 5.91 Å². The van der Waals surface area contributed by atoms with Gasteiger partial charge in [-0.15, -0.1) is 5.10 Å². The zero-order valence-corrected chi connectivity index (χ0v) is 9.45. The summed E-state index contributed by atoms with van der Waals surface area (Å²) < 4.78 is 1.27. The number of anilines is 1. The Balaban J connectivity index is 2.52. The Kier molecular flexibility index (Phi) is 2.56. The molecule has 1 aliphatic heterocycles. The summed E-state index contributed by atoms with van der Waals surface area (Å²) in [6, 6.07) is 0. The van der Waals surface area contributed by atoms with Gasteiger partial charge in [-0.25, -0.2) is 5.32 Å². The van der Waals surface area contributed by atoms with Crippen LogP contribution >= 0.6 is 11.8 Å². The first-order chi connectivity index (χ1) is 7.15. The third-order valence-corrected chi connectivity index (χ3v) is 2.69. The van der Waals surface area contributed by atoms with E-state index in [2.05, 4.69) is 17.3 Å². The minimum atomic E-state index is -0.278. The van der Waals surface area contributed by atoms with E-state index in [0.29, 0.717) is 12.4 Å². The SMILES string of the molecule is CCCc1c2c(nn1Cl)C(=O)[N]CN2C. The Hall–Kier alpha value is -1.23. The summed E-state index contributed by atoms with van der Waals surface area (Å²) in [7, 11) is 1.88. The maximum absolute atomic E-state index is 11.5. The van der Waals surface area contributed by atoms with Crippen LogP contribution in [0.25, 0.3) is 0 Å². The quantitative estimate of drug-likeness (QED) is 0.757. The maximum Gasteiger partial charge on any atom is 0.296 e. The molecule has 0 aromatic carbocycles. The summed E-state index contributed by atoms with van der Waals surface area (Å²) in [5, 5.41) is 7.82. The van der Waals surface area contributed by atoms with E-state index in [0.717, 1.165) is 24.2 Å². The van der Waals surface area contributed by atoms with Crippen LogP contribution in [-0.2, 0) is 6.42 Å². The van der Waals surface area contributed by atoms with Gasteiger partial charge >= 0.3 is 0 Å². The molecule has 1 aromatic rings. The fourth-order valence-electron chi connectivity index (χ4n) is 1.73. The van der Waals surface area contributed by atoms with E-state index in [9.17, 15) is 4.79 Å². The van der Waals surface area contributed by atoms with Crippen molar-refractivity contribution in [3.63, 3.8) is 0 Å². The third kappa shape index (κ3) is 1.56. The topological polar surface area (TPSA) is 52.2 Å². The summed E-state index contributed by atoms with van der Waals surface area (Å²) in [4.78, 5) is 13.4. The van der Waals surface area contributed by atoms with E-state index in [-0.39, 0.29) is 5.91 Å². The van der Waals surface area contributed by atoms with Crippen molar-refractivity contribution in [2.75, 3.05) is 18.6 Å². The van der Waals surface area contributed by atoms with Crippen LogP contribution in [0.15, 0.2) is 0 Å². The van der Waals surface area contributed by atoms with Crippen LogP contribution in [-0.4, -0.2) is 28.9 Å².